The van der Waals surface area contributed by atoms with E-state index in [-0.39, 0.29) is 17.8 Å². The van der Waals surface area contributed by atoms with Crippen molar-refractivity contribution in [1.29, 1.82) is 0 Å². The van der Waals surface area contributed by atoms with Crippen molar-refractivity contribution in [2.24, 2.45) is 5.92 Å². The molecular weight excluding hydrogens is 234 g/mol. The summed E-state index contributed by atoms with van der Waals surface area (Å²) in [5, 5.41) is 0. The number of likely N-dealkylation sites (tertiary alicyclic amines) is 1. The zero-order valence-corrected chi connectivity index (χ0v) is 11.3. The molecule has 5 heteroatoms. The summed E-state index contributed by atoms with van der Waals surface area (Å²) in [4.78, 5) is 25.3. The van der Waals surface area contributed by atoms with Crippen LogP contribution < -0.4 is 0 Å². The van der Waals surface area contributed by atoms with E-state index >= 15 is 0 Å². The molecule has 0 aromatic heterocycles. The monoisotopic (exact) mass is 257 g/mol. The molecule has 0 aliphatic carbocycles. The van der Waals surface area contributed by atoms with Gasteiger partial charge in [0.1, 0.15) is 0 Å². The molecule has 1 aliphatic rings. The third-order valence-electron chi connectivity index (χ3n) is 3.13. The molecule has 5 nitrogen and oxygen atoms in total. The van der Waals surface area contributed by atoms with Crippen LogP contribution in [0.3, 0.4) is 0 Å². The normalized spacial score (nSPS) is 19.7. The number of ether oxygens (including phenoxy) is 2. The number of piperidine rings is 1. The van der Waals surface area contributed by atoms with Gasteiger partial charge in [-0.2, -0.15) is 0 Å². The minimum atomic E-state index is -0.174. The molecule has 1 heterocycles. The van der Waals surface area contributed by atoms with Crippen LogP contribution in [0, 0.1) is 5.92 Å². The standard InChI is InChI=1S/C13H23NO4/c1-3-18-13(16)11-6-4-8-14(10-11)12(15)7-5-9-17-2/h11H,3-10H2,1-2H3. The Balaban J connectivity index is 2.38. The van der Waals surface area contributed by atoms with Crippen LogP contribution in [0.15, 0.2) is 0 Å². The molecule has 1 rings (SSSR count). The highest BCUT2D eigenvalue weighted by Crippen LogP contribution is 2.18. The average molecular weight is 257 g/mol. The maximum absolute atomic E-state index is 11.9. The lowest BCUT2D eigenvalue weighted by Crippen LogP contribution is -2.42. The molecule has 1 amide bonds. The second-order valence-electron chi connectivity index (χ2n) is 4.53. The first-order valence-electron chi connectivity index (χ1n) is 6.62. The molecule has 1 fully saturated rings. The molecule has 1 atom stereocenters. The van der Waals surface area contributed by atoms with Crippen molar-refractivity contribution < 1.29 is 19.1 Å². The third kappa shape index (κ3) is 4.64. The molecule has 1 unspecified atom stereocenters. The second kappa shape index (κ2) is 8.08. The Bertz CT molecular complexity index is 280. The van der Waals surface area contributed by atoms with Gasteiger partial charge in [-0.05, 0) is 26.2 Å². The summed E-state index contributed by atoms with van der Waals surface area (Å²) in [6.45, 7) is 4.05. The summed E-state index contributed by atoms with van der Waals surface area (Å²) in [5.41, 5.74) is 0. The first kappa shape index (κ1) is 15.0. The molecule has 0 aromatic carbocycles. The van der Waals surface area contributed by atoms with E-state index in [0.29, 0.717) is 26.2 Å². The Morgan fingerprint density at radius 1 is 1.39 bits per heavy atom. The Morgan fingerprint density at radius 2 is 2.17 bits per heavy atom. The van der Waals surface area contributed by atoms with Gasteiger partial charge in [-0.15, -0.1) is 0 Å². The number of carbonyl (C=O) groups excluding carboxylic acids is 2. The summed E-state index contributed by atoms with van der Waals surface area (Å²) in [7, 11) is 1.63. The van der Waals surface area contributed by atoms with Crippen molar-refractivity contribution in [2.75, 3.05) is 33.4 Å². The Morgan fingerprint density at radius 3 is 2.83 bits per heavy atom. The minimum Gasteiger partial charge on any atom is -0.466 e. The van der Waals surface area contributed by atoms with Crippen LogP contribution in [0.1, 0.15) is 32.6 Å². The molecule has 0 radical (unpaired) electrons. The molecule has 18 heavy (non-hydrogen) atoms. The number of hydrogen-bond acceptors (Lipinski definition) is 4. The van der Waals surface area contributed by atoms with Crippen molar-refractivity contribution in [3.8, 4) is 0 Å². The molecule has 0 bridgehead atoms. The highest BCUT2D eigenvalue weighted by atomic mass is 16.5. The van der Waals surface area contributed by atoms with E-state index in [0.717, 1.165) is 25.8 Å². The number of hydrogen-bond donors (Lipinski definition) is 0. The van der Waals surface area contributed by atoms with Gasteiger partial charge >= 0.3 is 5.97 Å². The SMILES string of the molecule is CCOC(=O)C1CCCN(C(=O)CCCOC)C1. The lowest BCUT2D eigenvalue weighted by atomic mass is 9.98. The fourth-order valence-corrected chi connectivity index (χ4v) is 2.18. The van der Waals surface area contributed by atoms with E-state index in [1.165, 1.54) is 0 Å². The van der Waals surface area contributed by atoms with Gasteiger partial charge in [0, 0.05) is 33.2 Å². The zero-order valence-electron chi connectivity index (χ0n) is 11.3. The van der Waals surface area contributed by atoms with Crippen molar-refractivity contribution in [2.45, 2.75) is 32.6 Å². The number of amides is 1. The molecule has 1 aliphatic heterocycles. The van der Waals surface area contributed by atoms with Gasteiger partial charge in [-0.1, -0.05) is 0 Å². The van der Waals surface area contributed by atoms with E-state index in [4.69, 9.17) is 9.47 Å². The predicted molar refractivity (Wildman–Crippen MR) is 67.0 cm³/mol. The largest absolute Gasteiger partial charge is 0.466 e. The number of rotatable bonds is 6. The van der Waals surface area contributed by atoms with Crippen LogP contribution >= 0.6 is 0 Å². The van der Waals surface area contributed by atoms with Crippen molar-refractivity contribution in [1.82, 2.24) is 4.90 Å². The highest BCUT2D eigenvalue weighted by molar-refractivity contribution is 5.78. The molecule has 0 N–H and O–H groups in total. The van der Waals surface area contributed by atoms with Crippen LogP contribution in [-0.4, -0.2) is 50.2 Å². The topological polar surface area (TPSA) is 55.8 Å². The first-order valence-corrected chi connectivity index (χ1v) is 6.62. The lowest BCUT2D eigenvalue weighted by Gasteiger charge is -2.31. The second-order valence-corrected chi connectivity index (χ2v) is 4.53. The van der Waals surface area contributed by atoms with E-state index in [1.807, 2.05) is 0 Å². The molecule has 0 aromatic rings. The van der Waals surface area contributed by atoms with Gasteiger partial charge < -0.3 is 14.4 Å². The quantitative estimate of drug-likeness (QED) is 0.530. The zero-order chi connectivity index (χ0) is 13.4. The van der Waals surface area contributed by atoms with Crippen LogP contribution in [-0.2, 0) is 19.1 Å². The van der Waals surface area contributed by atoms with Gasteiger partial charge in [0.15, 0.2) is 0 Å². The summed E-state index contributed by atoms with van der Waals surface area (Å²) in [6.07, 6.45) is 2.92. The van der Waals surface area contributed by atoms with Gasteiger partial charge in [-0.25, -0.2) is 0 Å². The van der Waals surface area contributed by atoms with Gasteiger partial charge in [0.05, 0.1) is 12.5 Å². The summed E-state index contributed by atoms with van der Waals surface area (Å²) in [6, 6.07) is 0. The van der Waals surface area contributed by atoms with E-state index in [9.17, 15) is 9.59 Å². The van der Waals surface area contributed by atoms with Crippen LogP contribution in [0.5, 0.6) is 0 Å². The van der Waals surface area contributed by atoms with E-state index in [2.05, 4.69) is 0 Å². The summed E-state index contributed by atoms with van der Waals surface area (Å²) < 4.78 is 9.94. The summed E-state index contributed by atoms with van der Waals surface area (Å²) >= 11 is 0. The van der Waals surface area contributed by atoms with Gasteiger partial charge in [0.2, 0.25) is 5.91 Å². The Kier molecular flexibility index (Phi) is 6.72. The van der Waals surface area contributed by atoms with Crippen LogP contribution in [0.2, 0.25) is 0 Å². The fraction of sp³-hybridized carbons (Fsp3) is 0.846. The number of carbonyl (C=O) groups is 2. The van der Waals surface area contributed by atoms with Gasteiger partial charge in [-0.3, -0.25) is 9.59 Å². The van der Waals surface area contributed by atoms with Crippen molar-refractivity contribution in [3.05, 3.63) is 0 Å². The smallest absolute Gasteiger partial charge is 0.310 e. The van der Waals surface area contributed by atoms with Crippen molar-refractivity contribution in [3.63, 3.8) is 0 Å². The maximum Gasteiger partial charge on any atom is 0.310 e. The number of esters is 1. The van der Waals surface area contributed by atoms with Crippen molar-refractivity contribution >= 4 is 11.9 Å². The molecular formula is C13H23NO4. The van der Waals surface area contributed by atoms with E-state index in [1.54, 1.807) is 18.9 Å². The molecule has 104 valence electrons. The molecule has 1 saturated heterocycles. The predicted octanol–water partition coefficient (Wildman–Crippen LogP) is 1.21. The third-order valence-corrected chi connectivity index (χ3v) is 3.13. The van der Waals surface area contributed by atoms with Crippen LogP contribution in [0.25, 0.3) is 0 Å². The Labute approximate surface area is 108 Å². The molecule has 0 spiro atoms. The Hall–Kier alpha value is -1.10. The molecule has 0 saturated carbocycles. The lowest BCUT2D eigenvalue weighted by molar-refractivity contribution is -0.151. The fourth-order valence-electron chi connectivity index (χ4n) is 2.18. The highest BCUT2D eigenvalue weighted by Gasteiger charge is 2.28. The first-order chi connectivity index (χ1) is 8.69. The van der Waals surface area contributed by atoms with Crippen LogP contribution in [0.4, 0.5) is 0 Å². The summed E-state index contributed by atoms with van der Waals surface area (Å²) in [5.74, 6) is -0.210. The number of methoxy groups -OCH3 is 1. The van der Waals surface area contributed by atoms with Gasteiger partial charge in [0.25, 0.3) is 0 Å². The average Bonchev–Trinajstić information content (AvgIpc) is 2.39. The maximum atomic E-state index is 11.9. The van der Waals surface area contributed by atoms with E-state index < -0.39 is 0 Å². The number of nitrogens with zero attached hydrogens (tertiary/aromatic N) is 1. The minimum absolute atomic E-state index is 0.112.